The largest absolute Gasteiger partial charge is 0.469 e. The van der Waals surface area contributed by atoms with Gasteiger partial charge in [-0.25, -0.2) is 0 Å². The van der Waals surface area contributed by atoms with Crippen molar-refractivity contribution in [3.63, 3.8) is 0 Å². The zero-order valence-corrected chi connectivity index (χ0v) is 12.5. The number of pyridine rings is 1. The average Bonchev–Trinajstić information content (AvgIpc) is 2.82. The van der Waals surface area contributed by atoms with Crippen LogP contribution < -0.4 is 5.32 Å². The van der Waals surface area contributed by atoms with Gasteiger partial charge in [0.05, 0.1) is 12.0 Å². The van der Waals surface area contributed by atoms with E-state index >= 15 is 0 Å². The molecule has 0 aliphatic heterocycles. The second-order valence-corrected chi connectivity index (χ2v) is 5.14. The van der Waals surface area contributed by atoms with E-state index in [-0.39, 0.29) is 0 Å². The molecule has 2 aromatic rings. The molecule has 0 aromatic carbocycles. The Hall–Kier alpha value is -1.81. The lowest BCUT2D eigenvalue weighted by atomic mass is 10.2. The molecule has 0 bridgehead atoms. The van der Waals surface area contributed by atoms with Crippen LogP contribution in [0.3, 0.4) is 0 Å². The maximum absolute atomic E-state index is 5.33. The van der Waals surface area contributed by atoms with Gasteiger partial charge < -0.3 is 9.73 Å². The Balaban J connectivity index is 1.93. The summed E-state index contributed by atoms with van der Waals surface area (Å²) in [5.41, 5.74) is 3.45. The van der Waals surface area contributed by atoms with Crippen LogP contribution in [0.2, 0.25) is 0 Å². The summed E-state index contributed by atoms with van der Waals surface area (Å²) in [4.78, 5) is 6.67. The van der Waals surface area contributed by atoms with Crippen molar-refractivity contribution in [1.82, 2.24) is 9.88 Å². The molecule has 0 amide bonds. The van der Waals surface area contributed by atoms with Gasteiger partial charge in [-0.15, -0.1) is 0 Å². The van der Waals surface area contributed by atoms with Crippen LogP contribution in [0.1, 0.15) is 30.4 Å². The molecule has 4 heteroatoms. The van der Waals surface area contributed by atoms with Gasteiger partial charge in [0, 0.05) is 37.1 Å². The highest BCUT2D eigenvalue weighted by molar-refractivity contribution is 5.43. The van der Waals surface area contributed by atoms with Gasteiger partial charge in [0.15, 0.2) is 0 Å². The molecule has 0 saturated carbocycles. The lowest BCUT2D eigenvalue weighted by molar-refractivity contribution is 0.312. The van der Waals surface area contributed by atoms with Crippen LogP contribution in [0.5, 0.6) is 0 Å². The lowest BCUT2D eigenvalue weighted by Crippen LogP contribution is -2.18. The zero-order chi connectivity index (χ0) is 14.4. The fourth-order valence-corrected chi connectivity index (χ4v) is 2.14. The normalized spacial score (nSPS) is 11.0. The molecule has 0 fully saturated rings. The van der Waals surface area contributed by atoms with Crippen molar-refractivity contribution >= 4 is 5.69 Å². The van der Waals surface area contributed by atoms with E-state index in [0.29, 0.717) is 0 Å². The number of hydrogen-bond acceptors (Lipinski definition) is 4. The number of anilines is 1. The van der Waals surface area contributed by atoms with Gasteiger partial charge in [-0.05, 0) is 38.6 Å². The van der Waals surface area contributed by atoms with Gasteiger partial charge in [0.25, 0.3) is 0 Å². The van der Waals surface area contributed by atoms with Crippen LogP contribution in [0.15, 0.2) is 35.1 Å². The first-order valence-electron chi connectivity index (χ1n) is 7.09. The summed E-state index contributed by atoms with van der Waals surface area (Å²) < 4.78 is 5.33. The quantitative estimate of drug-likeness (QED) is 0.839. The average molecular weight is 273 g/mol. The highest BCUT2D eigenvalue weighted by Crippen LogP contribution is 2.14. The van der Waals surface area contributed by atoms with E-state index in [2.05, 4.69) is 35.2 Å². The Morgan fingerprint density at radius 2 is 2.15 bits per heavy atom. The first-order valence-corrected chi connectivity index (χ1v) is 7.09. The number of rotatable bonds is 7. The molecule has 2 rings (SSSR count). The smallest absolute Gasteiger partial charge is 0.105 e. The molecule has 108 valence electrons. The third kappa shape index (κ3) is 4.10. The molecule has 4 nitrogen and oxygen atoms in total. The van der Waals surface area contributed by atoms with Gasteiger partial charge in [0.2, 0.25) is 0 Å². The fraction of sp³-hybridized carbons (Fsp3) is 0.438. The summed E-state index contributed by atoms with van der Waals surface area (Å²) in [6.45, 7) is 6.85. The summed E-state index contributed by atoms with van der Waals surface area (Å²) >= 11 is 0. The minimum absolute atomic E-state index is 0.826. The lowest BCUT2D eigenvalue weighted by Gasteiger charge is -2.16. The first-order chi connectivity index (χ1) is 9.69. The van der Waals surface area contributed by atoms with E-state index in [1.54, 1.807) is 6.26 Å². The third-order valence-electron chi connectivity index (χ3n) is 3.23. The van der Waals surface area contributed by atoms with Crippen LogP contribution >= 0.6 is 0 Å². The first kappa shape index (κ1) is 14.6. The standard InChI is InChI=1S/C16H23N3O/c1-4-7-17-15-5-8-18-16(10-15)12-19(3)11-14-6-9-20-13(14)2/h5-6,8-10H,4,7,11-12H2,1-3H3,(H,17,18). The van der Waals surface area contributed by atoms with Gasteiger partial charge in [-0.1, -0.05) is 6.92 Å². The molecule has 0 aliphatic carbocycles. The summed E-state index contributed by atoms with van der Waals surface area (Å²) in [5, 5.41) is 3.39. The minimum atomic E-state index is 0.826. The van der Waals surface area contributed by atoms with Crippen LogP contribution in [0.25, 0.3) is 0 Å². The summed E-state index contributed by atoms with van der Waals surface area (Å²) in [5.74, 6) is 0.989. The molecule has 0 saturated heterocycles. The number of aryl methyl sites for hydroxylation is 1. The Bertz CT molecular complexity index is 536. The number of hydrogen-bond donors (Lipinski definition) is 1. The van der Waals surface area contributed by atoms with Crippen molar-refractivity contribution < 1.29 is 4.42 Å². The number of nitrogens with zero attached hydrogens (tertiary/aromatic N) is 2. The van der Waals surface area contributed by atoms with Crippen LogP contribution in [-0.4, -0.2) is 23.5 Å². The molecule has 0 spiro atoms. The monoisotopic (exact) mass is 273 g/mol. The number of nitrogens with one attached hydrogen (secondary N) is 1. The molecule has 0 aliphatic rings. The van der Waals surface area contributed by atoms with Crippen LogP contribution in [0.4, 0.5) is 5.69 Å². The second-order valence-electron chi connectivity index (χ2n) is 5.14. The van der Waals surface area contributed by atoms with Crippen molar-refractivity contribution in [3.8, 4) is 0 Å². The maximum Gasteiger partial charge on any atom is 0.105 e. The predicted molar refractivity (Wildman–Crippen MR) is 81.6 cm³/mol. The molecule has 20 heavy (non-hydrogen) atoms. The highest BCUT2D eigenvalue weighted by atomic mass is 16.3. The van der Waals surface area contributed by atoms with E-state index in [1.807, 2.05) is 25.3 Å². The topological polar surface area (TPSA) is 41.3 Å². The van der Waals surface area contributed by atoms with Gasteiger partial charge in [0.1, 0.15) is 5.76 Å². The summed E-state index contributed by atoms with van der Waals surface area (Å²) in [6, 6.07) is 6.16. The summed E-state index contributed by atoms with van der Waals surface area (Å²) in [7, 11) is 2.10. The van der Waals surface area contributed by atoms with Gasteiger partial charge >= 0.3 is 0 Å². The van der Waals surface area contributed by atoms with Crippen molar-refractivity contribution in [2.24, 2.45) is 0 Å². The van der Waals surface area contributed by atoms with Crippen LogP contribution in [-0.2, 0) is 13.1 Å². The van der Waals surface area contributed by atoms with E-state index in [0.717, 1.165) is 43.2 Å². The zero-order valence-electron chi connectivity index (χ0n) is 12.5. The minimum Gasteiger partial charge on any atom is -0.469 e. The summed E-state index contributed by atoms with van der Waals surface area (Å²) in [6.07, 6.45) is 4.73. The fourth-order valence-electron chi connectivity index (χ4n) is 2.14. The van der Waals surface area contributed by atoms with Gasteiger partial charge in [-0.3, -0.25) is 9.88 Å². The number of furan rings is 1. The molecule has 0 radical (unpaired) electrons. The van der Waals surface area contributed by atoms with Crippen molar-refractivity contribution in [2.75, 3.05) is 18.9 Å². The predicted octanol–water partition coefficient (Wildman–Crippen LogP) is 3.44. The number of aromatic nitrogens is 1. The van der Waals surface area contributed by atoms with Crippen molar-refractivity contribution in [1.29, 1.82) is 0 Å². The molecule has 0 atom stereocenters. The Labute approximate surface area is 120 Å². The Morgan fingerprint density at radius 3 is 2.85 bits per heavy atom. The molecule has 1 N–H and O–H groups in total. The van der Waals surface area contributed by atoms with E-state index < -0.39 is 0 Å². The van der Waals surface area contributed by atoms with Crippen LogP contribution in [0, 0.1) is 6.92 Å². The Morgan fingerprint density at radius 1 is 1.30 bits per heavy atom. The van der Waals surface area contributed by atoms with Crippen molar-refractivity contribution in [2.45, 2.75) is 33.4 Å². The van der Waals surface area contributed by atoms with E-state index in [9.17, 15) is 0 Å². The van der Waals surface area contributed by atoms with Crippen molar-refractivity contribution in [3.05, 3.63) is 47.7 Å². The Kier molecular flexibility index (Phi) is 5.18. The molecule has 0 unspecified atom stereocenters. The SMILES string of the molecule is CCCNc1ccnc(CN(C)Cc2ccoc2C)c1. The van der Waals surface area contributed by atoms with E-state index in [4.69, 9.17) is 4.42 Å². The molecular formula is C16H23N3O. The third-order valence-corrected chi connectivity index (χ3v) is 3.23. The second kappa shape index (κ2) is 7.10. The maximum atomic E-state index is 5.33. The molecule has 2 heterocycles. The molecular weight excluding hydrogens is 250 g/mol. The molecule has 2 aromatic heterocycles. The highest BCUT2D eigenvalue weighted by Gasteiger charge is 2.07. The van der Waals surface area contributed by atoms with E-state index in [1.165, 1.54) is 5.56 Å². The van der Waals surface area contributed by atoms with Gasteiger partial charge in [-0.2, -0.15) is 0 Å².